The van der Waals surface area contributed by atoms with E-state index in [9.17, 15) is 0 Å². The summed E-state index contributed by atoms with van der Waals surface area (Å²) >= 11 is 0. The van der Waals surface area contributed by atoms with Gasteiger partial charge in [0.15, 0.2) is 0 Å². The van der Waals surface area contributed by atoms with Gasteiger partial charge in [-0.15, -0.1) is 12.4 Å². The normalized spacial score (nSPS) is 28.8. The van der Waals surface area contributed by atoms with Crippen LogP contribution >= 0.6 is 12.4 Å². The fraction of sp³-hybridized carbons (Fsp3) is 1.00. The van der Waals surface area contributed by atoms with Crippen LogP contribution in [0.25, 0.3) is 0 Å². The fourth-order valence-corrected chi connectivity index (χ4v) is 4.57. The molecule has 0 aromatic rings. The third kappa shape index (κ3) is 3.92. The molecule has 1 nitrogen and oxygen atoms in total. The quantitative estimate of drug-likeness (QED) is 0.658. The molecule has 1 aliphatic heterocycles. The van der Waals surface area contributed by atoms with E-state index in [2.05, 4.69) is 13.1 Å². The lowest BCUT2D eigenvalue weighted by atomic mass is 10.0. The molecule has 12 heavy (non-hydrogen) atoms. The Morgan fingerprint density at radius 1 is 1.25 bits per heavy atom. The van der Waals surface area contributed by atoms with Crippen LogP contribution in [0.1, 0.15) is 19.3 Å². The topological polar surface area (TPSA) is 26.0 Å². The molecule has 0 bridgehead atoms. The standard InChI is InChI=1S/C9H21NSi.ClH/c1-11(2)6-3-4-9(8-10)5-7-11;/h9H,3-8,10H2,1-2H3;1H. The van der Waals surface area contributed by atoms with Gasteiger partial charge in [0, 0.05) is 8.07 Å². The number of hydrogen-bond donors (Lipinski definition) is 1. The maximum absolute atomic E-state index is 5.68. The number of halogens is 1. The third-order valence-corrected chi connectivity index (χ3v) is 6.38. The van der Waals surface area contributed by atoms with Gasteiger partial charge < -0.3 is 5.73 Å². The van der Waals surface area contributed by atoms with Crippen LogP contribution in [-0.4, -0.2) is 14.6 Å². The van der Waals surface area contributed by atoms with Crippen molar-refractivity contribution in [1.82, 2.24) is 0 Å². The minimum absolute atomic E-state index is 0. The Morgan fingerprint density at radius 2 is 1.92 bits per heavy atom. The van der Waals surface area contributed by atoms with E-state index in [1.165, 1.54) is 31.4 Å². The second-order valence-corrected chi connectivity index (χ2v) is 10.0. The third-order valence-electron chi connectivity index (χ3n) is 3.03. The van der Waals surface area contributed by atoms with Crippen molar-refractivity contribution in [2.75, 3.05) is 6.54 Å². The maximum Gasteiger partial charge on any atom is 0.0473 e. The van der Waals surface area contributed by atoms with Gasteiger partial charge in [-0.05, 0) is 18.9 Å². The Labute approximate surface area is 83.5 Å². The van der Waals surface area contributed by atoms with E-state index >= 15 is 0 Å². The van der Waals surface area contributed by atoms with Crippen molar-refractivity contribution < 1.29 is 0 Å². The van der Waals surface area contributed by atoms with Crippen LogP contribution in [-0.2, 0) is 0 Å². The highest BCUT2D eigenvalue weighted by Gasteiger charge is 2.25. The highest BCUT2D eigenvalue weighted by molar-refractivity contribution is 6.77. The summed E-state index contributed by atoms with van der Waals surface area (Å²) < 4.78 is 0. The van der Waals surface area contributed by atoms with Crippen molar-refractivity contribution in [1.29, 1.82) is 0 Å². The molecule has 74 valence electrons. The molecule has 0 spiro atoms. The van der Waals surface area contributed by atoms with Gasteiger partial charge in [-0.2, -0.15) is 0 Å². The summed E-state index contributed by atoms with van der Waals surface area (Å²) in [6.07, 6.45) is 4.25. The number of nitrogens with two attached hydrogens (primary N) is 1. The van der Waals surface area contributed by atoms with E-state index in [0.717, 1.165) is 12.5 Å². The van der Waals surface area contributed by atoms with Crippen molar-refractivity contribution in [2.45, 2.75) is 44.4 Å². The summed E-state index contributed by atoms with van der Waals surface area (Å²) in [6.45, 7) is 5.96. The second kappa shape index (κ2) is 5.25. The van der Waals surface area contributed by atoms with Gasteiger partial charge in [0.05, 0.1) is 0 Å². The lowest BCUT2D eigenvalue weighted by Crippen LogP contribution is -2.23. The van der Waals surface area contributed by atoms with Gasteiger partial charge in [0.2, 0.25) is 0 Å². The van der Waals surface area contributed by atoms with Crippen LogP contribution in [0.4, 0.5) is 0 Å². The molecule has 0 saturated carbocycles. The first-order chi connectivity index (χ1) is 5.14. The number of rotatable bonds is 1. The molecule has 0 aromatic heterocycles. The van der Waals surface area contributed by atoms with Gasteiger partial charge >= 0.3 is 0 Å². The monoisotopic (exact) mass is 207 g/mol. The first kappa shape index (κ1) is 12.5. The van der Waals surface area contributed by atoms with Crippen molar-refractivity contribution in [2.24, 2.45) is 11.7 Å². The van der Waals surface area contributed by atoms with Crippen molar-refractivity contribution in [3.05, 3.63) is 0 Å². The van der Waals surface area contributed by atoms with Crippen LogP contribution in [0.2, 0.25) is 25.2 Å². The van der Waals surface area contributed by atoms with Crippen LogP contribution in [0.3, 0.4) is 0 Å². The molecular formula is C9H22ClNSi. The molecule has 0 amide bonds. The van der Waals surface area contributed by atoms with Gasteiger partial charge in [-0.25, -0.2) is 0 Å². The molecule has 0 aromatic carbocycles. The first-order valence-corrected chi connectivity index (χ1v) is 8.25. The lowest BCUT2D eigenvalue weighted by Gasteiger charge is -2.19. The average Bonchev–Trinajstić information content (AvgIpc) is 2.10. The average molecular weight is 208 g/mol. The lowest BCUT2D eigenvalue weighted by molar-refractivity contribution is 0.484. The highest BCUT2D eigenvalue weighted by atomic mass is 35.5. The molecule has 0 radical (unpaired) electrons. The number of hydrogen-bond acceptors (Lipinski definition) is 1. The predicted molar refractivity (Wildman–Crippen MR) is 60.7 cm³/mol. The summed E-state index contributed by atoms with van der Waals surface area (Å²) in [5, 5.41) is 0. The Hall–Kier alpha value is 0.467. The summed E-state index contributed by atoms with van der Waals surface area (Å²) in [4.78, 5) is 0. The SMILES string of the molecule is C[Si]1(C)CCCC(CN)CC1.Cl. The van der Waals surface area contributed by atoms with Crippen LogP contribution in [0.15, 0.2) is 0 Å². The molecule has 1 atom stereocenters. The molecule has 1 unspecified atom stereocenters. The zero-order valence-electron chi connectivity index (χ0n) is 8.31. The Bertz CT molecular complexity index is 128. The summed E-state index contributed by atoms with van der Waals surface area (Å²) in [7, 11) is -0.754. The minimum Gasteiger partial charge on any atom is -0.330 e. The molecule has 1 heterocycles. The van der Waals surface area contributed by atoms with Crippen molar-refractivity contribution in [3.63, 3.8) is 0 Å². The molecular weight excluding hydrogens is 186 g/mol. The van der Waals surface area contributed by atoms with E-state index in [-0.39, 0.29) is 12.4 Å². The highest BCUT2D eigenvalue weighted by Crippen LogP contribution is 2.29. The van der Waals surface area contributed by atoms with Gasteiger partial charge in [-0.3, -0.25) is 0 Å². The summed E-state index contributed by atoms with van der Waals surface area (Å²) in [6, 6.07) is 3.04. The first-order valence-electron chi connectivity index (χ1n) is 4.84. The maximum atomic E-state index is 5.68. The molecule has 1 saturated heterocycles. The van der Waals surface area contributed by atoms with Crippen molar-refractivity contribution in [3.8, 4) is 0 Å². The van der Waals surface area contributed by atoms with E-state index < -0.39 is 8.07 Å². The van der Waals surface area contributed by atoms with E-state index in [1.54, 1.807) is 0 Å². The molecule has 3 heteroatoms. The minimum atomic E-state index is -0.754. The van der Waals surface area contributed by atoms with Gasteiger partial charge in [0.25, 0.3) is 0 Å². The largest absolute Gasteiger partial charge is 0.330 e. The Kier molecular flexibility index (Phi) is 5.46. The van der Waals surface area contributed by atoms with Crippen LogP contribution in [0.5, 0.6) is 0 Å². The zero-order chi connectivity index (χ0) is 8.32. The molecule has 1 rings (SSSR count). The van der Waals surface area contributed by atoms with Crippen LogP contribution in [0, 0.1) is 5.92 Å². The Morgan fingerprint density at radius 3 is 2.50 bits per heavy atom. The summed E-state index contributed by atoms with van der Waals surface area (Å²) in [5.74, 6) is 0.851. The fourth-order valence-electron chi connectivity index (χ4n) is 1.97. The van der Waals surface area contributed by atoms with E-state index in [0.29, 0.717) is 0 Å². The molecule has 2 N–H and O–H groups in total. The van der Waals surface area contributed by atoms with E-state index in [1.807, 2.05) is 0 Å². The van der Waals surface area contributed by atoms with Crippen molar-refractivity contribution >= 4 is 20.5 Å². The van der Waals surface area contributed by atoms with Gasteiger partial charge in [0.1, 0.15) is 0 Å². The molecule has 1 aliphatic rings. The predicted octanol–water partition coefficient (Wildman–Crippen LogP) is 2.88. The van der Waals surface area contributed by atoms with Crippen LogP contribution < -0.4 is 5.73 Å². The van der Waals surface area contributed by atoms with E-state index in [4.69, 9.17) is 5.73 Å². The smallest absolute Gasteiger partial charge is 0.0473 e. The summed E-state index contributed by atoms with van der Waals surface area (Å²) in [5.41, 5.74) is 5.68. The molecule has 0 aliphatic carbocycles. The van der Waals surface area contributed by atoms with Gasteiger partial charge in [-0.1, -0.05) is 38.0 Å². The second-order valence-electron chi connectivity index (χ2n) is 4.70. The zero-order valence-corrected chi connectivity index (χ0v) is 10.1. The Balaban J connectivity index is 0.00000121. The molecule has 1 fully saturated rings.